The first kappa shape index (κ1) is 19.8. The van der Waals surface area contributed by atoms with Gasteiger partial charge in [-0.15, -0.1) is 0 Å². The van der Waals surface area contributed by atoms with E-state index in [1.807, 2.05) is 0 Å². The van der Waals surface area contributed by atoms with Crippen LogP contribution in [0, 0.1) is 0 Å². The van der Waals surface area contributed by atoms with Crippen LogP contribution in [0.25, 0.3) is 0 Å². The van der Waals surface area contributed by atoms with Crippen LogP contribution < -0.4 is 9.13 Å². The third-order valence-corrected chi connectivity index (χ3v) is 9.61. The van der Waals surface area contributed by atoms with E-state index in [4.69, 9.17) is 0 Å². The second kappa shape index (κ2) is 7.38. The zero-order chi connectivity index (χ0) is 18.8. The Kier molecular flexibility index (Phi) is 5.84. The Morgan fingerprint density at radius 2 is 0.840 bits per heavy atom. The summed E-state index contributed by atoms with van der Waals surface area (Å²) in [6, 6.07) is 18.1. The van der Waals surface area contributed by atoms with Crippen LogP contribution in [-0.4, -0.2) is 30.6 Å². The summed E-state index contributed by atoms with van der Waals surface area (Å²) in [4.78, 5) is 0. The molecule has 0 amide bonds. The first-order valence-electron chi connectivity index (χ1n) is 9.14. The predicted molar refractivity (Wildman–Crippen MR) is 119 cm³/mol. The van der Waals surface area contributed by atoms with E-state index >= 15 is 0 Å². The fourth-order valence-corrected chi connectivity index (χ4v) is 4.53. The smallest absolute Gasteiger partial charge is 0.147 e. The maximum atomic E-state index is 2.46. The molecule has 0 fully saturated rings. The number of benzene rings is 2. The molecule has 0 heterocycles. The Hall–Kier alpha value is -1.53. The quantitative estimate of drug-likeness (QED) is 0.591. The summed E-state index contributed by atoms with van der Waals surface area (Å²) >= 11 is 0. The molecular weight excluding hydrogens is 336 g/mol. The van der Waals surface area contributed by atoms with E-state index < -0.39 is 16.5 Å². The zero-order valence-corrected chi connectivity index (χ0v) is 19.2. The van der Waals surface area contributed by atoms with Crippen molar-refractivity contribution in [1.29, 1.82) is 0 Å². The Labute approximate surface area is 156 Å². The molecule has 0 aliphatic heterocycles. The molecule has 0 aliphatic rings. The van der Waals surface area contributed by atoms with Crippen molar-refractivity contribution < 1.29 is 0 Å². The Balaban J connectivity index is 2.08. The molecule has 0 aromatic heterocycles. The normalized spacial score (nSPS) is 12.2. The van der Waals surface area contributed by atoms with Gasteiger partial charge in [0.05, 0.1) is 0 Å². The van der Waals surface area contributed by atoms with Crippen molar-refractivity contribution in [3.63, 3.8) is 0 Å². The van der Waals surface area contributed by atoms with Crippen LogP contribution in [0.1, 0.15) is 11.1 Å². The van der Waals surface area contributed by atoms with Crippen molar-refractivity contribution in [3.8, 4) is 0 Å². The van der Waals surface area contributed by atoms with Gasteiger partial charge in [0.1, 0.15) is 16.5 Å². The maximum absolute atomic E-state index is 2.46. The van der Waals surface area contributed by atoms with Crippen LogP contribution >= 0.6 is 0 Å². The molecule has 0 aliphatic carbocycles. The third-order valence-electron chi connectivity index (χ3n) is 5.07. The Morgan fingerprint density at radius 1 is 0.560 bits per heavy atom. The van der Waals surface area contributed by atoms with Gasteiger partial charge in [-0.05, 0) is 55.9 Å². The SMILES string of the molecule is CN(c1ccc(Cc2ccc(N(C)[Si](C)(C)C)cc2)cc1)[Si](C)(C)C. The Morgan fingerprint density at radius 3 is 1.08 bits per heavy atom. The summed E-state index contributed by atoms with van der Waals surface area (Å²) in [6.45, 7) is 14.2. The van der Waals surface area contributed by atoms with Gasteiger partial charge in [0, 0.05) is 11.4 Å². The molecule has 0 saturated carbocycles. The monoisotopic (exact) mass is 370 g/mol. The van der Waals surface area contributed by atoms with Crippen molar-refractivity contribution in [3.05, 3.63) is 59.7 Å². The summed E-state index contributed by atoms with van der Waals surface area (Å²) in [6.07, 6.45) is 0.994. The van der Waals surface area contributed by atoms with Gasteiger partial charge >= 0.3 is 0 Å². The fraction of sp³-hybridized carbons (Fsp3) is 0.429. The van der Waals surface area contributed by atoms with Crippen molar-refractivity contribution in [1.82, 2.24) is 0 Å². The van der Waals surface area contributed by atoms with Gasteiger partial charge in [-0.25, -0.2) is 0 Å². The third kappa shape index (κ3) is 5.22. The van der Waals surface area contributed by atoms with E-state index in [1.165, 1.54) is 22.5 Å². The number of hydrogen-bond acceptors (Lipinski definition) is 2. The highest BCUT2D eigenvalue weighted by molar-refractivity contribution is 6.80. The number of nitrogens with zero attached hydrogens (tertiary/aromatic N) is 2. The average molecular weight is 371 g/mol. The van der Waals surface area contributed by atoms with Crippen molar-refractivity contribution in [2.45, 2.75) is 45.7 Å². The summed E-state index contributed by atoms with van der Waals surface area (Å²) in [5.74, 6) is 0. The minimum Gasteiger partial charge on any atom is -0.401 e. The van der Waals surface area contributed by atoms with E-state index in [1.54, 1.807) is 0 Å². The fourth-order valence-electron chi connectivity index (χ4n) is 2.69. The lowest BCUT2D eigenvalue weighted by Crippen LogP contribution is -2.43. The van der Waals surface area contributed by atoms with Gasteiger partial charge in [0.25, 0.3) is 0 Å². The molecule has 2 aromatic rings. The van der Waals surface area contributed by atoms with Crippen LogP contribution in [0.3, 0.4) is 0 Å². The molecule has 25 heavy (non-hydrogen) atoms. The molecule has 0 spiro atoms. The highest BCUT2D eigenvalue weighted by Gasteiger charge is 2.21. The standard InChI is InChI=1S/C21H34N2Si2/c1-22(24(3,4)5)20-13-9-18(10-14-20)17-19-11-15-21(16-12-19)23(2)25(6,7)8/h9-16H,17H2,1-8H3. The number of anilines is 2. The van der Waals surface area contributed by atoms with E-state index in [-0.39, 0.29) is 0 Å². The van der Waals surface area contributed by atoms with Gasteiger partial charge < -0.3 is 9.13 Å². The van der Waals surface area contributed by atoms with Gasteiger partial charge in [-0.1, -0.05) is 63.5 Å². The van der Waals surface area contributed by atoms with Gasteiger partial charge in [-0.2, -0.15) is 0 Å². The van der Waals surface area contributed by atoms with E-state index in [9.17, 15) is 0 Å². The number of rotatable bonds is 6. The van der Waals surface area contributed by atoms with Crippen LogP contribution in [0.4, 0.5) is 11.4 Å². The van der Waals surface area contributed by atoms with E-state index in [2.05, 4.69) is 111 Å². The first-order chi connectivity index (χ1) is 11.5. The van der Waals surface area contributed by atoms with Crippen LogP contribution in [-0.2, 0) is 6.42 Å². The van der Waals surface area contributed by atoms with Crippen LogP contribution in [0.5, 0.6) is 0 Å². The predicted octanol–water partition coefficient (Wildman–Crippen LogP) is 5.82. The lowest BCUT2D eigenvalue weighted by atomic mass is 10.0. The zero-order valence-electron chi connectivity index (χ0n) is 17.2. The molecule has 0 saturated heterocycles. The molecule has 2 aromatic carbocycles. The van der Waals surface area contributed by atoms with Gasteiger partial charge in [-0.3, -0.25) is 0 Å². The Bertz CT molecular complexity index is 618. The van der Waals surface area contributed by atoms with Gasteiger partial charge in [0.15, 0.2) is 0 Å². The highest BCUT2D eigenvalue weighted by atomic mass is 28.3. The van der Waals surface area contributed by atoms with Crippen LogP contribution in [0.2, 0.25) is 39.3 Å². The topological polar surface area (TPSA) is 6.48 Å². The van der Waals surface area contributed by atoms with Crippen molar-refractivity contribution in [2.24, 2.45) is 0 Å². The molecule has 0 N–H and O–H groups in total. The molecular formula is C21H34N2Si2. The second-order valence-corrected chi connectivity index (χ2v) is 19.0. The molecule has 4 heteroatoms. The molecule has 2 rings (SSSR count). The van der Waals surface area contributed by atoms with Crippen molar-refractivity contribution in [2.75, 3.05) is 23.2 Å². The number of hydrogen-bond donors (Lipinski definition) is 0. The lowest BCUT2D eigenvalue weighted by molar-refractivity contribution is 1.17. The van der Waals surface area contributed by atoms with E-state index in [0.29, 0.717) is 0 Å². The first-order valence-corrected chi connectivity index (χ1v) is 16.0. The summed E-state index contributed by atoms with van der Waals surface area (Å²) < 4.78 is 4.91. The summed E-state index contributed by atoms with van der Waals surface area (Å²) in [5.41, 5.74) is 5.41. The van der Waals surface area contributed by atoms with Crippen molar-refractivity contribution >= 4 is 27.8 Å². The highest BCUT2D eigenvalue weighted by Crippen LogP contribution is 2.23. The average Bonchev–Trinajstić information content (AvgIpc) is 2.53. The molecule has 0 radical (unpaired) electrons. The van der Waals surface area contributed by atoms with Gasteiger partial charge in [0.2, 0.25) is 0 Å². The minimum atomic E-state index is -1.29. The summed E-state index contributed by atoms with van der Waals surface area (Å²) in [7, 11) is 1.85. The molecule has 2 nitrogen and oxygen atoms in total. The maximum Gasteiger partial charge on any atom is 0.147 e. The molecule has 0 bridgehead atoms. The molecule has 136 valence electrons. The lowest BCUT2D eigenvalue weighted by Gasteiger charge is -2.32. The minimum absolute atomic E-state index is 0.994. The molecule has 0 unspecified atom stereocenters. The van der Waals surface area contributed by atoms with E-state index in [0.717, 1.165) is 6.42 Å². The second-order valence-electron chi connectivity index (χ2n) is 8.97. The summed E-state index contributed by atoms with van der Waals surface area (Å²) in [5, 5.41) is 0. The van der Waals surface area contributed by atoms with Crippen LogP contribution in [0.15, 0.2) is 48.5 Å². The largest absolute Gasteiger partial charge is 0.401 e. The molecule has 0 atom stereocenters.